The Morgan fingerprint density at radius 1 is 1.00 bits per heavy atom. The van der Waals surface area contributed by atoms with Crippen LogP contribution >= 0.6 is 0 Å². The summed E-state index contributed by atoms with van der Waals surface area (Å²) >= 11 is 0. The van der Waals surface area contributed by atoms with E-state index in [1.54, 1.807) is 18.2 Å². The lowest BCUT2D eigenvalue weighted by Crippen LogP contribution is -2.13. The molecule has 33 heavy (non-hydrogen) atoms. The van der Waals surface area contributed by atoms with Crippen molar-refractivity contribution in [2.45, 2.75) is 57.7 Å². The third kappa shape index (κ3) is 6.15. The molecule has 1 saturated carbocycles. The van der Waals surface area contributed by atoms with E-state index in [-0.39, 0.29) is 17.9 Å². The molecule has 2 aromatic carbocycles. The zero-order chi connectivity index (χ0) is 23.3. The van der Waals surface area contributed by atoms with E-state index in [0.717, 1.165) is 43.2 Å². The molecule has 3 aromatic rings. The zero-order valence-corrected chi connectivity index (χ0v) is 18.5. The second-order valence-electron chi connectivity index (χ2n) is 8.20. The molecule has 1 aliphatic carbocycles. The Hall–Kier alpha value is -3.29. The predicted octanol–water partition coefficient (Wildman–Crippen LogP) is 7.26. The molecule has 0 atom stereocenters. The van der Waals surface area contributed by atoms with Crippen molar-refractivity contribution in [3.8, 4) is 5.75 Å². The van der Waals surface area contributed by atoms with Gasteiger partial charge in [0.1, 0.15) is 17.1 Å². The van der Waals surface area contributed by atoms with E-state index < -0.39 is 11.7 Å². The Morgan fingerprint density at radius 2 is 1.76 bits per heavy atom. The molecule has 1 aromatic heterocycles. The Balaban J connectivity index is 1.52. The van der Waals surface area contributed by atoms with Gasteiger partial charge in [0, 0.05) is 17.6 Å². The number of hydrogen-bond acceptors (Lipinski definition) is 5. The maximum atomic E-state index is 13.6. The summed E-state index contributed by atoms with van der Waals surface area (Å²) < 4.78 is 46.7. The first-order valence-electron chi connectivity index (χ1n) is 11.2. The standard InChI is InChI=1S/C25H27F3N4O/c1-2-6-17-7-5-8-19(15-17)30-23-22(25(26,27)28)16-29-24(32-23)31-18-11-13-21(14-12-18)33-20-9-3-4-10-20/h5,7-8,11-16,20H,2-4,6,9-10H2,1H3,(H2,29,30,31,32). The molecule has 174 valence electrons. The molecule has 0 aliphatic heterocycles. The first kappa shape index (κ1) is 22.9. The van der Waals surface area contributed by atoms with Gasteiger partial charge in [-0.1, -0.05) is 25.5 Å². The minimum absolute atomic E-state index is 0.0691. The Morgan fingerprint density at radius 3 is 2.45 bits per heavy atom. The number of aryl methyl sites for hydroxylation is 1. The van der Waals surface area contributed by atoms with E-state index in [9.17, 15) is 13.2 Å². The van der Waals surface area contributed by atoms with Gasteiger partial charge >= 0.3 is 6.18 Å². The Labute approximate surface area is 191 Å². The quantitative estimate of drug-likeness (QED) is 0.374. The molecule has 1 fully saturated rings. The van der Waals surface area contributed by atoms with Crippen molar-refractivity contribution in [2.24, 2.45) is 0 Å². The highest BCUT2D eigenvalue weighted by Gasteiger charge is 2.35. The van der Waals surface area contributed by atoms with Crippen molar-refractivity contribution < 1.29 is 17.9 Å². The summed E-state index contributed by atoms with van der Waals surface area (Å²) in [5.74, 6) is 0.546. The fourth-order valence-electron chi connectivity index (χ4n) is 3.92. The van der Waals surface area contributed by atoms with Crippen LogP contribution in [0.25, 0.3) is 0 Å². The molecule has 0 bridgehead atoms. The Bertz CT molecular complexity index is 1060. The maximum absolute atomic E-state index is 13.6. The lowest BCUT2D eigenvalue weighted by Gasteiger charge is -2.16. The lowest BCUT2D eigenvalue weighted by atomic mass is 10.1. The average molecular weight is 457 g/mol. The van der Waals surface area contributed by atoms with Crippen molar-refractivity contribution in [1.82, 2.24) is 9.97 Å². The number of anilines is 4. The number of hydrogen-bond donors (Lipinski definition) is 2. The van der Waals surface area contributed by atoms with Crippen LogP contribution in [-0.2, 0) is 12.6 Å². The summed E-state index contributed by atoms with van der Waals surface area (Å²) in [5, 5.41) is 5.80. The van der Waals surface area contributed by atoms with Gasteiger partial charge in [0.05, 0.1) is 6.10 Å². The van der Waals surface area contributed by atoms with E-state index in [1.807, 2.05) is 30.3 Å². The van der Waals surface area contributed by atoms with Crippen molar-refractivity contribution in [1.29, 1.82) is 0 Å². The van der Waals surface area contributed by atoms with Crippen LogP contribution in [0, 0.1) is 0 Å². The fraction of sp³-hybridized carbons (Fsp3) is 0.360. The molecule has 1 aliphatic rings. The van der Waals surface area contributed by atoms with Crippen molar-refractivity contribution >= 4 is 23.1 Å². The maximum Gasteiger partial charge on any atom is 0.421 e. The molecular formula is C25H27F3N4O. The highest BCUT2D eigenvalue weighted by atomic mass is 19.4. The smallest absolute Gasteiger partial charge is 0.421 e. The summed E-state index contributed by atoms with van der Waals surface area (Å²) in [7, 11) is 0. The second-order valence-corrected chi connectivity index (χ2v) is 8.20. The van der Waals surface area contributed by atoms with Crippen LogP contribution in [0.5, 0.6) is 5.75 Å². The van der Waals surface area contributed by atoms with Gasteiger partial charge in [-0.15, -0.1) is 0 Å². The molecule has 5 nitrogen and oxygen atoms in total. The van der Waals surface area contributed by atoms with Crippen LogP contribution in [-0.4, -0.2) is 16.1 Å². The summed E-state index contributed by atoms with van der Waals surface area (Å²) in [6.45, 7) is 2.05. The SMILES string of the molecule is CCCc1cccc(Nc2nc(Nc3ccc(OC4CCCC4)cc3)ncc2C(F)(F)F)c1. The number of rotatable bonds is 8. The molecule has 8 heteroatoms. The third-order valence-corrected chi connectivity index (χ3v) is 5.54. The van der Waals surface area contributed by atoms with Gasteiger partial charge in [-0.3, -0.25) is 0 Å². The van der Waals surface area contributed by atoms with Crippen LogP contribution in [0.3, 0.4) is 0 Å². The largest absolute Gasteiger partial charge is 0.490 e. The van der Waals surface area contributed by atoms with Gasteiger partial charge in [0.15, 0.2) is 0 Å². The van der Waals surface area contributed by atoms with Gasteiger partial charge in [0.25, 0.3) is 0 Å². The average Bonchev–Trinajstić information content (AvgIpc) is 3.28. The van der Waals surface area contributed by atoms with E-state index in [4.69, 9.17) is 4.74 Å². The van der Waals surface area contributed by atoms with Crippen molar-refractivity contribution in [3.05, 3.63) is 65.9 Å². The number of alkyl halides is 3. The number of benzene rings is 2. The first-order chi connectivity index (χ1) is 15.9. The van der Waals surface area contributed by atoms with Crippen LogP contribution in [0.4, 0.5) is 36.3 Å². The summed E-state index contributed by atoms with van der Waals surface area (Å²) in [6, 6.07) is 14.6. The molecule has 0 spiro atoms. The minimum atomic E-state index is -4.58. The molecule has 0 radical (unpaired) electrons. The highest BCUT2D eigenvalue weighted by molar-refractivity contribution is 5.63. The van der Waals surface area contributed by atoms with Crippen molar-refractivity contribution in [3.63, 3.8) is 0 Å². The molecular weight excluding hydrogens is 429 g/mol. The first-order valence-corrected chi connectivity index (χ1v) is 11.2. The number of nitrogens with one attached hydrogen (secondary N) is 2. The summed E-state index contributed by atoms with van der Waals surface area (Å²) in [6.07, 6.45) is 2.77. The van der Waals surface area contributed by atoms with Crippen LogP contribution in [0.2, 0.25) is 0 Å². The Kier molecular flexibility index (Phi) is 7.01. The topological polar surface area (TPSA) is 59.1 Å². The van der Waals surface area contributed by atoms with Gasteiger partial charge < -0.3 is 15.4 Å². The molecule has 1 heterocycles. The normalized spacial score (nSPS) is 14.3. The molecule has 2 N–H and O–H groups in total. The van der Waals surface area contributed by atoms with Crippen LogP contribution < -0.4 is 15.4 Å². The van der Waals surface area contributed by atoms with E-state index in [0.29, 0.717) is 11.4 Å². The number of aromatic nitrogens is 2. The van der Waals surface area contributed by atoms with E-state index in [1.165, 1.54) is 12.8 Å². The number of ether oxygens (including phenoxy) is 1. The molecule has 0 saturated heterocycles. The third-order valence-electron chi connectivity index (χ3n) is 5.54. The fourth-order valence-corrected chi connectivity index (χ4v) is 3.92. The van der Waals surface area contributed by atoms with Gasteiger partial charge in [0.2, 0.25) is 5.95 Å². The number of nitrogens with zero attached hydrogens (tertiary/aromatic N) is 2. The van der Waals surface area contributed by atoms with Gasteiger partial charge in [-0.25, -0.2) is 4.98 Å². The summed E-state index contributed by atoms with van der Waals surface area (Å²) in [4.78, 5) is 8.01. The lowest BCUT2D eigenvalue weighted by molar-refractivity contribution is -0.137. The number of halogens is 3. The molecule has 0 amide bonds. The van der Waals surface area contributed by atoms with Gasteiger partial charge in [-0.2, -0.15) is 18.2 Å². The monoisotopic (exact) mass is 456 g/mol. The molecule has 0 unspecified atom stereocenters. The van der Waals surface area contributed by atoms with Crippen molar-refractivity contribution in [2.75, 3.05) is 10.6 Å². The highest BCUT2D eigenvalue weighted by Crippen LogP contribution is 2.35. The van der Waals surface area contributed by atoms with Crippen LogP contribution in [0.15, 0.2) is 54.7 Å². The van der Waals surface area contributed by atoms with E-state index >= 15 is 0 Å². The van der Waals surface area contributed by atoms with Gasteiger partial charge in [-0.05, 0) is 74.1 Å². The second kappa shape index (κ2) is 10.1. The minimum Gasteiger partial charge on any atom is -0.490 e. The van der Waals surface area contributed by atoms with E-state index in [2.05, 4.69) is 27.5 Å². The predicted molar refractivity (Wildman–Crippen MR) is 123 cm³/mol. The van der Waals surface area contributed by atoms with Crippen LogP contribution in [0.1, 0.15) is 50.2 Å². The zero-order valence-electron chi connectivity index (χ0n) is 18.5. The molecule has 4 rings (SSSR count). The summed E-state index contributed by atoms with van der Waals surface area (Å²) in [5.41, 5.74) is 1.33.